The molecule has 0 aliphatic carbocycles. The molecule has 2 aromatic rings. The van der Waals surface area contributed by atoms with Gasteiger partial charge < -0.3 is 11.1 Å². The Hall–Kier alpha value is -2.35. The van der Waals surface area contributed by atoms with Gasteiger partial charge in [-0.1, -0.05) is 12.1 Å². The number of benzene rings is 1. The smallest absolute Gasteiger partial charge is 0.352 e. The molecular weight excluding hydrogens is 309 g/mol. The van der Waals surface area contributed by atoms with E-state index in [1.54, 1.807) is 31.2 Å². The zero-order valence-corrected chi connectivity index (χ0v) is 12.5. The lowest BCUT2D eigenvalue weighted by molar-refractivity contribution is -0.141. The van der Waals surface area contributed by atoms with E-state index in [2.05, 4.69) is 10.4 Å². The second-order valence-electron chi connectivity index (χ2n) is 5.27. The Kier molecular flexibility index (Phi) is 5.05. The molecule has 1 aromatic heterocycles. The summed E-state index contributed by atoms with van der Waals surface area (Å²) >= 11 is 0. The average molecular weight is 326 g/mol. The van der Waals surface area contributed by atoms with Crippen molar-refractivity contribution in [3.8, 4) is 5.69 Å². The standard InChI is InChI=1S/C15H17F3N4O/c1-10(19)8-14(23)20-9-11-2-4-12(5-3-11)22-7-6-13(21-22)15(16,17)18/h2-7,10H,8-9,19H2,1H3,(H,20,23). The van der Waals surface area contributed by atoms with Gasteiger partial charge in [-0.25, -0.2) is 4.68 Å². The first-order valence-electron chi connectivity index (χ1n) is 7.00. The number of halogens is 3. The van der Waals surface area contributed by atoms with Gasteiger partial charge in [0.05, 0.1) is 5.69 Å². The molecular formula is C15H17F3N4O. The summed E-state index contributed by atoms with van der Waals surface area (Å²) in [5.41, 5.74) is 5.92. The second kappa shape index (κ2) is 6.82. The molecule has 3 N–H and O–H groups in total. The monoisotopic (exact) mass is 326 g/mol. The van der Waals surface area contributed by atoms with Crippen molar-refractivity contribution in [2.45, 2.75) is 32.1 Å². The number of rotatable bonds is 5. The number of alkyl halides is 3. The highest BCUT2D eigenvalue weighted by Gasteiger charge is 2.33. The van der Waals surface area contributed by atoms with Crippen LogP contribution < -0.4 is 11.1 Å². The highest BCUT2D eigenvalue weighted by Crippen LogP contribution is 2.27. The van der Waals surface area contributed by atoms with Crippen LogP contribution >= 0.6 is 0 Å². The minimum atomic E-state index is -4.46. The van der Waals surface area contributed by atoms with Gasteiger partial charge in [0.15, 0.2) is 5.69 Å². The van der Waals surface area contributed by atoms with E-state index in [0.29, 0.717) is 12.2 Å². The summed E-state index contributed by atoms with van der Waals surface area (Å²) in [6.07, 6.45) is -2.97. The number of nitrogens with two attached hydrogens (primary N) is 1. The third-order valence-corrected chi connectivity index (χ3v) is 3.08. The van der Waals surface area contributed by atoms with Gasteiger partial charge >= 0.3 is 6.18 Å². The first-order chi connectivity index (χ1) is 10.8. The molecule has 0 saturated carbocycles. The van der Waals surface area contributed by atoms with Crippen LogP contribution in [0.2, 0.25) is 0 Å². The number of carbonyl (C=O) groups excluding carboxylic acids is 1. The Morgan fingerprint density at radius 1 is 1.30 bits per heavy atom. The van der Waals surface area contributed by atoms with Crippen LogP contribution in [0.1, 0.15) is 24.6 Å². The molecule has 0 bridgehead atoms. The first kappa shape index (κ1) is 17.0. The predicted octanol–water partition coefficient (Wildman–Crippen LogP) is 2.24. The van der Waals surface area contributed by atoms with Gasteiger partial charge in [-0.3, -0.25) is 4.79 Å². The fraction of sp³-hybridized carbons (Fsp3) is 0.333. The Labute approximate surface area is 131 Å². The van der Waals surface area contributed by atoms with Gasteiger partial charge in [-0.05, 0) is 30.7 Å². The molecule has 23 heavy (non-hydrogen) atoms. The van der Waals surface area contributed by atoms with E-state index in [-0.39, 0.29) is 18.4 Å². The summed E-state index contributed by atoms with van der Waals surface area (Å²) in [6.45, 7) is 2.08. The van der Waals surface area contributed by atoms with Crippen molar-refractivity contribution in [3.05, 3.63) is 47.8 Å². The number of carbonyl (C=O) groups is 1. The van der Waals surface area contributed by atoms with Crippen LogP contribution in [-0.2, 0) is 17.5 Å². The van der Waals surface area contributed by atoms with Crippen LogP contribution in [0.4, 0.5) is 13.2 Å². The number of nitrogens with one attached hydrogen (secondary N) is 1. The summed E-state index contributed by atoms with van der Waals surface area (Å²) < 4.78 is 38.7. The lowest BCUT2D eigenvalue weighted by Crippen LogP contribution is -2.29. The van der Waals surface area contributed by atoms with Gasteiger partial charge in [0.2, 0.25) is 5.91 Å². The van der Waals surface area contributed by atoms with Crippen LogP contribution in [0, 0.1) is 0 Å². The van der Waals surface area contributed by atoms with E-state index < -0.39 is 11.9 Å². The Bertz CT molecular complexity index is 662. The number of hydrogen-bond donors (Lipinski definition) is 2. The maximum atomic E-state index is 12.5. The molecule has 0 aliphatic heterocycles. The van der Waals surface area contributed by atoms with E-state index in [1.807, 2.05) is 0 Å². The molecule has 0 saturated heterocycles. The number of hydrogen-bond acceptors (Lipinski definition) is 3. The Morgan fingerprint density at radius 3 is 2.48 bits per heavy atom. The molecule has 5 nitrogen and oxygen atoms in total. The van der Waals surface area contributed by atoms with Crippen LogP contribution in [0.3, 0.4) is 0 Å². The van der Waals surface area contributed by atoms with E-state index in [1.165, 1.54) is 6.20 Å². The molecule has 0 spiro atoms. The van der Waals surface area contributed by atoms with Crippen molar-refractivity contribution >= 4 is 5.91 Å². The van der Waals surface area contributed by atoms with Crippen molar-refractivity contribution in [1.29, 1.82) is 0 Å². The molecule has 1 unspecified atom stereocenters. The fourth-order valence-electron chi connectivity index (χ4n) is 1.95. The second-order valence-corrected chi connectivity index (χ2v) is 5.27. The predicted molar refractivity (Wildman–Crippen MR) is 78.7 cm³/mol. The maximum absolute atomic E-state index is 12.5. The topological polar surface area (TPSA) is 72.9 Å². The fourth-order valence-corrected chi connectivity index (χ4v) is 1.95. The summed E-state index contributed by atoms with van der Waals surface area (Å²) in [5.74, 6) is -0.147. The third kappa shape index (κ3) is 4.82. The number of nitrogens with zero attached hydrogens (tertiary/aromatic N) is 2. The zero-order chi connectivity index (χ0) is 17.0. The van der Waals surface area contributed by atoms with Crippen molar-refractivity contribution in [2.24, 2.45) is 5.73 Å². The van der Waals surface area contributed by atoms with Crippen LogP contribution in [-0.4, -0.2) is 21.7 Å². The zero-order valence-electron chi connectivity index (χ0n) is 12.5. The largest absolute Gasteiger partial charge is 0.435 e. The molecule has 1 heterocycles. The highest BCUT2D eigenvalue weighted by molar-refractivity contribution is 5.76. The van der Waals surface area contributed by atoms with E-state index in [4.69, 9.17) is 5.73 Å². The van der Waals surface area contributed by atoms with E-state index in [0.717, 1.165) is 16.3 Å². The van der Waals surface area contributed by atoms with Gasteiger partial charge in [0.25, 0.3) is 0 Å². The molecule has 0 radical (unpaired) electrons. The van der Waals surface area contributed by atoms with Gasteiger partial charge in [0, 0.05) is 25.2 Å². The van der Waals surface area contributed by atoms with Crippen LogP contribution in [0.15, 0.2) is 36.5 Å². The van der Waals surface area contributed by atoms with Gasteiger partial charge in [-0.2, -0.15) is 18.3 Å². The van der Waals surface area contributed by atoms with Crippen molar-refractivity contribution in [2.75, 3.05) is 0 Å². The Balaban J connectivity index is 1.99. The summed E-state index contributed by atoms with van der Waals surface area (Å²) in [5, 5.41) is 6.22. The summed E-state index contributed by atoms with van der Waals surface area (Å²) in [7, 11) is 0. The van der Waals surface area contributed by atoms with Gasteiger partial charge in [0.1, 0.15) is 0 Å². The molecule has 1 aromatic carbocycles. The van der Waals surface area contributed by atoms with E-state index in [9.17, 15) is 18.0 Å². The summed E-state index contributed by atoms with van der Waals surface area (Å²) in [4.78, 5) is 11.5. The van der Waals surface area contributed by atoms with Gasteiger partial charge in [-0.15, -0.1) is 0 Å². The summed E-state index contributed by atoms with van der Waals surface area (Å²) in [6, 6.07) is 7.43. The lowest BCUT2D eigenvalue weighted by atomic mass is 10.2. The molecule has 0 aliphatic rings. The van der Waals surface area contributed by atoms with E-state index >= 15 is 0 Å². The minimum absolute atomic E-state index is 0.147. The van der Waals surface area contributed by atoms with Crippen LogP contribution in [0.25, 0.3) is 5.69 Å². The van der Waals surface area contributed by atoms with Crippen LogP contribution in [0.5, 0.6) is 0 Å². The Morgan fingerprint density at radius 2 is 1.96 bits per heavy atom. The molecule has 0 fully saturated rings. The van der Waals surface area contributed by atoms with Crippen molar-refractivity contribution in [1.82, 2.24) is 15.1 Å². The molecule has 8 heteroatoms. The SMILES string of the molecule is CC(N)CC(=O)NCc1ccc(-n2ccc(C(F)(F)F)n2)cc1. The van der Waals surface area contributed by atoms with Crippen molar-refractivity contribution in [3.63, 3.8) is 0 Å². The highest BCUT2D eigenvalue weighted by atomic mass is 19.4. The minimum Gasteiger partial charge on any atom is -0.352 e. The third-order valence-electron chi connectivity index (χ3n) is 3.08. The maximum Gasteiger partial charge on any atom is 0.435 e. The number of aromatic nitrogens is 2. The molecule has 124 valence electrons. The quantitative estimate of drug-likeness (QED) is 0.885. The first-order valence-corrected chi connectivity index (χ1v) is 7.00. The number of amides is 1. The molecule has 1 amide bonds. The average Bonchev–Trinajstić information content (AvgIpc) is 2.95. The van der Waals surface area contributed by atoms with Crippen molar-refractivity contribution < 1.29 is 18.0 Å². The molecule has 1 atom stereocenters. The molecule has 2 rings (SSSR count). The normalized spacial score (nSPS) is 12.9. The lowest BCUT2D eigenvalue weighted by Gasteiger charge is -2.08.